The molecule has 152 valence electrons. The van der Waals surface area contributed by atoms with Crippen molar-refractivity contribution in [3.63, 3.8) is 0 Å². The third-order valence-electron chi connectivity index (χ3n) is 4.81. The van der Waals surface area contributed by atoms with Crippen molar-refractivity contribution in [2.24, 2.45) is 16.5 Å². The van der Waals surface area contributed by atoms with Gasteiger partial charge in [-0.05, 0) is 35.7 Å². The Hall–Kier alpha value is -3.39. The number of anilines is 1. The molecule has 1 aliphatic rings. The topological polar surface area (TPSA) is 144 Å². The summed E-state index contributed by atoms with van der Waals surface area (Å²) in [5.41, 5.74) is 14.8. The van der Waals surface area contributed by atoms with E-state index in [-0.39, 0.29) is 30.2 Å². The molecule has 2 aromatic rings. The van der Waals surface area contributed by atoms with Crippen LogP contribution < -0.4 is 21.7 Å². The molecule has 1 aliphatic heterocycles. The molecule has 0 radical (unpaired) electrons. The van der Waals surface area contributed by atoms with Crippen LogP contribution in [0, 0.1) is 0 Å². The average Bonchev–Trinajstić information content (AvgIpc) is 3.46. The lowest BCUT2D eigenvalue weighted by Crippen LogP contribution is -2.21. The van der Waals surface area contributed by atoms with Crippen LogP contribution in [0.5, 0.6) is 0 Å². The molecular weight excluding hydrogens is 370 g/mol. The van der Waals surface area contributed by atoms with Gasteiger partial charge in [0, 0.05) is 31.8 Å². The normalized spacial score (nSPS) is 17.4. The first-order valence-corrected chi connectivity index (χ1v) is 9.28. The Morgan fingerprint density at radius 3 is 2.59 bits per heavy atom. The quantitative estimate of drug-likeness (QED) is 0.230. The number of hydrogen-bond acceptors (Lipinski definition) is 5. The fraction of sp³-hybridized carbons (Fsp3) is 0.286. The molecular formula is C21H25N5O3. The summed E-state index contributed by atoms with van der Waals surface area (Å²) < 4.78 is 0. The van der Waals surface area contributed by atoms with E-state index in [1.165, 1.54) is 0 Å². The van der Waals surface area contributed by atoms with E-state index in [4.69, 9.17) is 16.6 Å². The molecule has 6 N–H and O–H groups in total. The van der Waals surface area contributed by atoms with Crippen molar-refractivity contribution >= 4 is 29.1 Å². The van der Waals surface area contributed by atoms with Crippen LogP contribution in [0.2, 0.25) is 0 Å². The second-order valence-corrected chi connectivity index (χ2v) is 7.25. The molecule has 2 unspecified atom stereocenters. The maximum Gasteiger partial charge on any atom is 0.303 e. The van der Waals surface area contributed by atoms with Crippen molar-refractivity contribution in [2.45, 2.75) is 24.9 Å². The summed E-state index contributed by atoms with van der Waals surface area (Å²) in [4.78, 5) is 29.7. The average molecular weight is 395 g/mol. The third kappa shape index (κ3) is 4.91. The van der Waals surface area contributed by atoms with Crippen molar-refractivity contribution in [1.29, 1.82) is 0 Å². The number of aliphatic imine (C=N–C) groups is 1. The Bertz CT molecular complexity index is 967. The molecule has 1 saturated heterocycles. The summed E-state index contributed by atoms with van der Waals surface area (Å²) in [5.74, 6) is -0.906. The Morgan fingerprint density at radius 1 is 1.17 bits per heavy atom. The van der Waals surface area contributed by atoms with E-state index in [9.17, 15) is 9.59 Å². The van der Waals surface area contributed by atoms with Crippen molar-refractivity contribution in [3.8, 4) is 0 Å². The van der Waals surface area contributed by atoms with Crippen LogP contribution in [-0.4, -0.2) is 43.0 Å². The number of rotatable bonds is 8. The molecule has 3 rings (SSSR count). The zero-order valence-electron chi connectivity index (χ0n) is 16.4. The monoisotopic (exact) mass is 395 g/mol. The van der Waals surface area contributed by atoms with Gasteiger partial charge in [0.2, 0.25) is 0 Å². The van der Waals surface area contributed by atoms with Gasteiger partial charge in [-0.25, -0.2) is 4.99 Å². The van der Waals surface area contributed by atoms with E-state index in [1.807, 2.05) is 37.2 Å². The number of ketones is 1. The number of carboxylic acids is 1. The van der Waals surface area contributed by atoms with Crippen molar-refractivity contribution in [2.75, 3.05) is 19.0 Å². The Balaban J connectivity index is 1.77. The summed E-state index contributed by atoms with van der Waals surface area (Å²) in [7, 11) is 3.84. The number of aliphatic carboxylic acids is 1. The molecule has 0 spiro atoms. The van der Waals surface area contributed by atoms with Crippen molar-refractivity contribution < 1.29 is 14.7 Å². The molecule has 0 amide bonds. The van der Waals surface area contributed by atoms with E-state index >= 15 is 0 Å². The van der Waals surface area contributed by atoms with E-state index in [0.29, 0.717) is 17.7 Å². The molecule has 1 fully saturated rings. The van der Waals surface area contributed by atoms with Crippen LogP contribution in [0.1, 0.15) is 33.9 Å². The largest absolute Gasteiger partial charge is 0.481 e. The van der Waals surface area contributed by atoms with Gasteiger partial charge in [-0.2, -0.15) is 0 Å². The molecule has 0 saturated carbocycles. The number of guanidine groups is 1. The van der Waals surface area contributed by atoms with Crippen molar-refractivity contribution in [1.82, 2.24) is 5.32 Å². The summed E-state index contributed by atoms with van der Waals surface area (Å²) in [6.07, 6.45) is 0.538. The first kappa shape index (κ1) is 20.3. The van der Waals surface area contributed by atoms with Gasteiger partial charge >= 0.3 is 5.97 Å². The van der Waals surface area contributed by atoms with Crippen LogP contribution >= 0.6 is 0 Å². The van der Waals surface area contributed by atoms with Crippen LogP contribution in [0.4, 0.5) is 11.4 Å². The SMILES string of the molecule is CN(C)c1cc(C2NC2C(=O)c2cccc(N=C(N)N)c2)ccc1CCC(=O)O. The standard InChI is InChI=1S/C21H25N5O3/c1-26(2)16-11-13(7-6-12(16)8-9-17(27)28)18-19(25-18)20(29)14-4-3-5-15(10-14)24-21(22)23/h3-7,10-11,18-19,25H,8-9H2,1-2H3,(H,27,28)(H4,22,23,24). The Kier molecular flexibility index (Phi) is 5.84. The highest BCUT2D eigenvalue weighted by Gasteiger charge is 2.43. The fourth-order valence-corrected chi connectivity index (χ4v) is 3.35. The van der Waals surface area contributed by atoms with E-state index < -0.39 is 5.97 Å². The van der Waals surface area contributed by atoms with Gasteiger partial charge in [-0.15, -0.1) is 0 Å². The lowest BCUT2D eigenvalue weighted by atomic mass is 9.99. The number of Topliss-reactive ketones (excluding diaryl/α,β-unsaturated/α-hetero) is 1. The maximum atomic E-state index is 12.8. The molecule has 8 heteroatoms. The molecule has 0 aromatic heterocycles. The predicted octanol–water partition coefficient (Wildman–Crippen LogP) is 1.57. The van der Waals surface area contributed by atoms with Crippen LogP contribution in [0.25, 0.3) is 0 Å². The zero-order valence-corrected chi connectivity index (χ0v) is 16.4. The first-order valence-electron chi connectivity index (χ1n) is 9.28. The van der Waals surface area contributed by atoms with Crippen LogP contribution in [0.3, 0.4) is 0 Å². The minimum absolute atomic E-state index is 0.0241. The Morgan fingerprint density at radius 2 is 1.93 bits per heavy atom. The highest BCUT2D eigenvalue weighted by atomic mass is 16.4. The lowest BCUT2D eigenvalue weighted by molar-refractivity contribution is -0.136. The number of aryl methyl sites for hydroxylation is 1. The van der Waals surface area contributed by atoms with Crippen LogP contribution in [0.15, 0.2) is 47.5 Å². The van der Waals surface area contributed by atoms with Gasteiger partial charge < -0.3 is 21.5 Å². The van der Waals surface area contributed by atoms with E-state index in [1.54, 1.807) is 24.3 Å². The zero-order chi connectivity index (χ0) is 21.1. The minimum atomic E-state index is -0.823. The number of carbonyl (C=O) groups excluding carboxylic acids is 1. The number of hydrogen-bond donors (Lipinski definition) is 4. The van der Waals surface area contributed by atoms with Gasteiger partial charge in [-0.1, -0.05) is 24.3 Å². The maximum absolute atomic E-state index is 12.8. The van der Waals surface area contributed by atoms with E-state index in [2.05, 4.69) is 10.3 Å². The summed E-state index contributed by atoms with van der Waals surface area (Å²) in [6, 6.07) is 12.4. The summed E-state index contributed by atoms with van der Waals surface area (Å²) >= 11 is 0. The number of nitrogens with two attached hydrogens (primary N) is 2. The second-order valence-electron chi connectivity index (χ2n) is 7.25. The number of carbonyl (C=O) groups is 2. The molecule has 0 bridgehead atoms. The molecule has 8 nitrogen and oxygen atoms in total. The van der Waals surface area contributed by atoms with Gasteiger partial charge in [0.15, 0.2) is 11.7 Å². The van der Waals surface area contributed by atoms with Crippen LogP contribution in [-0.2, 0) is 11.2 Å². The van der Waals surface area contributed by atoms with Gasteiger partial charge in [-0.3, -0.25) is 14.9 Å². The number of nitrogens with one attached hydrogen (secondary N) is 1. The smallest absolute Gasteiger partial charge is 0.303 e. The summed E-state index contributed by atoms with van der Waals surface area (Å²) in [5, 5.41) is 12.2. The number of carboxylic acid groups (broad SMARTS) is 1. The first-order chi connectivity index (χ1) is 13.8. The van der Waals surface area contributed by atoms with Gasteiger partial charge in [0.05, 0.1) is 17.8 Å². The van der Waals surface area contributed by atoms with Gasteiger partial charge in [0.25, 0.3) is 0 Å². The molecule has 2 atom stereocenters. The van der Waals surface area contributed by atoms with Crippen molar-refractivity contribution in [3.05, 3.63) is 59.2 Å². The Labute approximate surface area is 169 Å². The minimum Gasteiger partial charge on any atom is -0.481 e. The summed E-state index contributed by atoms with van der Waals surface area (Å²) in [6.45, 7) is 0. The fourth-order valence-electron chi connectivity index (χ4n) is 3.35. The second kappa shape index (κ2) is 8.32. The number of benzene rings is 2. The molecule has 2 aromatic carbocycles. The molecule has 29 heavy (non-hydrogen) atoms. The number of nitrogens with zero attached hydrogens (tertiary/aromatic N) is 2. The van der Waals surface area contributed by atoms with Gasteiger partial charge in [0.1, 0.15) is 0 Å². The highest BCUT2D eigenvalue weighted by molar-refractivity contribution is 6.03. The highest BCUT2D eigenvalue weighted by Crippen LogP contribution is 2.35. The third-order valence-corrected chi connectivity index (χ3v) is 4.81. The van der Waals surface area contributed by atoms with E-state index in [0.717, 1.165) is 16.8 Å². The lowest BCUT2D eigenvalue weighted by Gasteiger charge is -2.18. The predicted molar refractivity (Wildman–Crippen MR) is 113 cm³/mol. The molecule has 1 heterocycles. The molecule has 0 aliphatic carbocycles.